The molecule has 0 aliphatic carbocycles. The van der Waals surface area contributed by atoms with E-state index in [0.29, 0.717) is 24.3 Å². The van der Waals surface area contributed by atoms with Crippen LogP contribution >= 0.6 is 0 Å². The lowest BCUT2D eigenvalue weighted by atomic mass is 9.72. The summed E-state index contributed by atoms with van der Waals surface area (Å²) in [6, 6.07) is 1.91. The highest BCUT2D eigenvalue weighted by Gasteiger charge is 2.53. The van der Waals surface area contributed by atoms with Crippen LogP contribution in [0.25, 0.3) is 0 Å². The largest absolute Gasteiger partial charge is 0.394 e. The van der Waals surface area contributed by atoms with Crippen molar-refractivity contribution in [3.63, 3.8) is 0 Å². The maximum atomic E-state index is 13.7. The number of halogens is 6. The van der Waals surface area contributed by atoms with Gasteiger partial charge in [-0.2, -0.15) is 0 Å². The van der Waals surface area contributed by atoms with E-state index < -0.39 is 95.9 Å². The third kappa shape index (κ3) is 5.53. The lowest BCUT2D eigenvalue weighted by molar-refractivity contribution is -0.229. The lowest BCUT2D eigenvalue weighted by Crippen LogP contribution is -2.66. The van der Waals surface area contributed by atoms with Gasteiger partial charge in [-0.25, -0.2) is 26.3 Å². The Balaban J connectivity index is 2.55. The third-order valence-electron chi connectivity index (χ3n) is 5.74. The average Bonchev–Trinajstić information content (AvgIpc) is 2.78. The van der Waals surface area contributed by atoms with Crippen LogP contribution in [0.4, 0.5) is 26.3 Å². The van der Waals surface area contributed by atoms with Gasteiger partial charge in [0.15, 0.2) is 34.9 Å². The maximum Gasteiger partial charge on any atom is 0.194 e. The van der Waals surface area contributed by atoms with Crippen LogP contribution in [-0.2, 0) is 12.8 Å². The predicted octanol–water partition coefficient (Wildman–Crippen LogP) is 1.25. The summed E-state index contributed by atoms with van der Waals surface area (Å²) in [5.74, 6) is -10.2. The van der Waals surface area contributed by atoms with Crippen molar-refractivity contribution in [1.29, 1.82) is 0 Å². The number of rotatable bonds is 10. The average molecular weight is 498 g/mol. The second-order valence-electron chi connectivity index (χ2n) is 8.15. The molecule has 1 unspecified atom stereocenters. The first-order valence-electron chi connectivity index (χ1n) is 10.1. The van der Waals surface area contributed by atoms with E-state index in [2.05, 4.69) is 0 Å². The van der Waals surface area contributed by atoms with E-state index in [1.807, 2.05) is 0 Å². The van der Waals surface area contributed by atoms with Crippen molar-refractivity contribution < 1.29 is 57.0 Å². The van der Waals surface area contributed by atoms with Gasteiger partial charge in [0.1, 0.15) is 23.9 Å². The SMILES string of the molecule is CCC(O)(Cc1cc(F)c(F)c(F)c1)[C@@H](O)[C@@](O)(Cc1cc(F)c(F)c(F)c1)[C@H](O)[C@@H](O)CO. The van der Waals surface area contributed by atoms with Crippen LogP contribution in [0.5, 0.6) is 0 Å². The Morgan fingerprint density at radius 3 is 1.47 bits per heavy atom. The summed E-state index contributed by atoms with van der Waals surface area (Å²) in [7, 11) is 0. The molecule has 0 spiro atoms. The minimum Gasteiger partial charge on any atom is -0.394 e. The summed E-state index contributed by atoms with van der Waals surface area (Å²) in [4.78, 5) is 0. The highest BCUT2D eigenvalue weighted by Crippen LogP contribution is 2.35. The molecular formula is C22H24F6O6. The first-order valence-corrected chi connectivity index (χ1v) is 10.1. The van der Waals surface area contributed by atoms with Crippen LogP contribution in [0.1, 0.15) is 24.5 Å². The Kier molecular flexibility index (Phi) is 8.72. The lowest BCUT2D eigenvalue weighted by Gasteiger charge is -2.45. The summed E-state index contributed by atoms with van der Waals surface area (Å²) >= 11 is 0. The molecule has 0 amide bonds. The van der Waals surface area contributed by atoms with Gasteiger partial charge in [-0.15, -0.1) is 0 Å². The van der Waals surface area contributed by atoms with Crippen LogP contribution in [0.15, 0.2) is 24.3 Å². The molecule has 34 heavy (non-hydrogen) atoms. The minimum atomic E-state index is -3.04. The quantitative estimate of drug-likeness (QED) is 0.217. The van der Waals surface area contributed by atoms with E-state index in [1.165, 1.54) is 6.92 Å². The van der Waals surface area contributed by atoms with Gasteiger partial charge in [-0.05, 0) is 41.8 Å². The fourth-order valence-electron chi connectivity index (χ4n) is 3.78. The normalized spacial score (nSPS) is 18.1. The highest BCUT2D eigenvalue weighted by atomic mass is 19.2. The van der Waals surface area contributed by atoms with Crippen LogP contribution in [0.3, 0.4) is 0 Å². The zero-order valence-corrected chi connectivity index (χ0v) is 17.8. The molecule has 0 radical (unpaired) electrons. The zero-order chi connectivity index (χ0) is 26.0. The summed E-state index contributed by atoms with van der Waals surface area (Å²) < 4.78 is 81.2. The number of aliphatic hydroxyl groups is 6. The van der Waals surface area contributed by atoms with Gasteiger partial charge in [-0.3, -0.25) is 0 Å². The van der Waals surface area contributed by atoms with Crippen molar-refractivity contribution in [1.82, 2.24) is 0 Å². The van der Waals surface area contributed by atoms with Gasteiger partial charge >= 0.3 is 0 Å². The molecule has 6 N–H and O–H groups in total. The number of hydrogen-bond acceptors (Lipinski definition) is 6. The van der Waals surface area contributed by atoms with Crippen molar-refractivity contribution >= 4 is 0 Å². The molecule has 0 aromatic heterocycles. The van der Waals surface area contributed by atoms with Crippen molar-refractivity contribution in [3.05, 3.63) is 70.3 Å². The Hall–Kier alpha value is -2.22. The van der Waals surface area contributed by atoms with Gasteiger partial charge in [0.25, 0.3) is 0 Å². The van der Waals surface area contributed by atoms with Gasteiger partial charge < -0.3 is 30.6 Å². The molecule has 190 valence electrons. The molecule has 6 nitrogen and oxygen atoms in total. The fraction of sp³-hybridized carbons (Fsp3) is 0.455. The summed E-state index contributed by atoms with van der Waals surface area (Å²) in [5.41, 5.74) is -6.43. The topological polar surface area (TPSA) is 121 Å². The monoisotopic (exact) mass is 498 g/mol. The van der Waals surface area contributed by atoms with Gasteiger partial charge in [0, 0.05) is 12.8 Å². The molecule has 0 saturated carbocycles. The highest BCUT2D eigenvalue weighted by molar-refractivity contribution is 5.26. The molecule has 0 bridgehead atoms. The van der Waals surface area contributed by atoms with Crippen molar-refractivity contribution in [2.24, 2.45) is 0 Å². The second kappa shape index (κ2) is 10.6. The molecule has 0 heterocycles. The Morgan fingerprint density at radius 1 is 0.735 bits per heavy atom. The molecular weight excluding hydrogens is 474 g/mol. The molecule has 0 fully saturated rings. The van der Waals surface area contributed by atoms with E-state index in [0.717, 1.165) is 0 Å². The predicted molar refractivity (Wildman–Crippen MR) is 105 cm³/mol. The summed E-state index contributed by atoms with van der Waals surface area (Å²) in [5, 5.41) is 62.7. The van der Waals surface area contributed by atoms with Crippen LogP contribution in [0.2, 0.25) is 0 Å². The second-order valence-corrected chi connectivity index (χ2v) is 8.15. The molecule has 0 aliphatic rings. The standard InChI is InChI=1S/C22H24F6O6/c1-2-21(33,7-10-3-12(23)17(27)13(24)4-10)20(32)22(34,19(31)16(30)9-29)8-11-5-14(25)18(28)15(26)6-11/h3-6,16,19-20,29-34H,2,7-9H2,1H3/t16-,19+,20+,21?,22+/m0/s1. The molecule has 5 atom stereocenters. The Morgan fingerprint density at radius 2 is 1.12 bits per heavy atom. The molecule has 2 rings (SSSR count). The number of aliphatic hydroxyl groups excluding tert-OH is 4. The van der Waals surface area contributed by atoms with E-state index in [1.54, 1.807) is 0 Å². The van der Waals surface area contributed by atoms with Gasteiger partial charge in [-0.1, -0.05) is 6.92 Å². The van der Waals surface area contributed by atoms with E-state index in [4.69, 9.17) is 5.11 Å². The molecule has 0 saturated heterocycles. The van der Waals surface area contributed by atoms with E-state index >= 15 is 0 Å². The molecule has 12 heteroatoms. The first-order chi connectivity index (χ1) is 15.7. The smallest absolute Gasteiger partial charge is 0.194 e. The zero-order valence-electron chi connectivity index (χ0n) is 17.8. The van der Waals surface area contributed by atoms with Crippen LogP contribution in [-0.4, -0.2) is 66.8 Å². The molecule has 0 aliphatic heterocycles. The number of hydrogen-bond donors (Lipinski definition) is 6. The van der Waals surface area contributed by atoms with Gasteiger partial charge in [0.2, 0.25) is 0 Å². The van der Waals surface area contributed by atoms with Gasteiger partial charge in [0.05, 0.1) is 12.2 Å². The molecule has 2 aromatic rings. The van der Waals surface area contributed by atoms with Crippen LogP contribution < -0.4 is 0 Å². The van der Waals surface area contributed by atoms with Crippen molar-refractivity contribution in [2.45, 2.75) is 55.7 Å². The van der Waals surface area contributed by atoms with E-state index in [-0.39, 0.29) is 5.56 Å². The summed E-state index contributed by atoms with van der Waals surface area (Å²) in [6.07, 6.45) is -9.40. The Labute approximate surface area is 190 Å². The van der Waals surface area contributed by atoms with Crippen LogP contribution in [0, 0.1) is 34.9 Å². The van der Waals surface area contributed by atoms with E-state index in [9.17, 15) is 51.9 Å². The first kappa shape index (κ1) is 28.0. The number of benzene rings is 2. The third-order valence-corrected chi connectivity index (χ3v) is 5.74. The minimum absolute atomic E-state index is 0.363. The maximum absolute atomic E-state index is 13.7. The Bertz CT molecular complexity index is 977. The summed E-state index contributed by atoms with van der Waals surface area (Å²) in [6.45, 7) is 0.118. The fourth-order valence-corrected chi connectivity index (χ4v) is 3.78. The molecule has 2 aromatic carbocycles. The van der Waals surface area contributed by atoms with Crippen molar-refractivity contribution in [3.8, 4) is 0 Å². The van der Waals surface area contributed by atoms with Crippen molar-refractivity contribution in [2.75, 3.05) is 6.61 Å².